The summed E-state index contributed by atoms with van der Waals surface area (Å²) in [5.74, 6) is -2.44. The van der Waals surface area contributed by atoms with Gasteiger partial charge in [-0.3, -0.25) is 14.4 Å². The van der Waals surface area contributed by atoms with Crippen LogP contribution >= 0.6 is 11.8 Å². The van der Waals surface area contributed by atoms with Crippen LogP contribution in [0.15, 0.2) is 40.5 Å². The summed E-state index contributed by atoms with van der Waals surface area (Å²) >= 11 is 1.06. The number of thioether (sulfide) groups is 1. The number of amides is 2. The van der Waals surface area contributed by atoms with Crippen molar-refractivity contribution < 1.29 is 28.7 Å². The van der Waals surface area contributed by atoms with E-state index in [1.165, 1.54) is 0 Å². The number of amidine groups is 1. The van der Waals surface area contributed by atoms with Crippen molar-refractivity contribution in [2.75, 3.05) is 7.11 Å². The molecule has 1 unspecified atom stereocenters. The fourth-order valence-corrected chi connectivity index (χ4v) is 3.37. The van der Waals surface area contributed by atoms with Crippen molar-refractivity contribution in [2.45, 2.75) is 44.6 Å². The lowest BCUT2D eigenvalue weighted by atomic mass is 10.2. The van der Waals surface area contributed by atoms with Crippen LogP contribution in [-0.2, 0) is 35.3 Å². The van der Waals surface area contributed by atoms with Gasteiger partial charge in [0.2, 0.25) is 11.8 Å². The van der Waals surface area contributed by atoms with Crippen LogP contribution in [0.4, 0.5) is 0 Å². The maximum absolute atomic E-state index is 12.4. The number of hydrogen-bond acceptors (Lipinski definition) is 9. The summed E-state index contributed by atoms with van der Waals surface area (Å²) in [5, 5.41) is 12.3. The Bertz CT molecular complexity index is 883. The topological polar surface area (TPSA) is 136 Å². The molecular formula is C20H24N4O6S. The summed E-state index contributed by atoms with van der Waals surface area (Å²) in [6.07, 6.45) is -0.608. The minimum Gasteiger partial charge on any atom is -0.467 e. The highest BCUT2D eigenvalue weighted by molar-refractivity contribution is 8.15. The molecule has 0 aliphatic carbocycles. The van der Waals surface area contributed by atoms with Crippen LogP contribution in [0.25, 0.3) is 0 Å². The second kappa shape index (κ2) is 11.8. The Labute approximate surface area is 183 Å². The molecule has 2 rings (SSSR count). The lowest BCUT2D eigenvalue weighted by Crippen LogP contribution is -2.44. The van der Waals surface area contributed by atoms with Gasteiger partial charge in [0.15, 0.2) is 5.17 Å². The van der Waals surface area contributed by atoms with Crippen molar-refractivity contribution in [3.8, 4) is 0 Å². The van der Waals surface area contributed by atoms with Gasteiger partial charge < -0.3 is 20.1 Å². The Hall–Kier alpha value is -3.21. The van der Waals surface area contributed by atoms with E-state index < -0.39 is 35.6 Å². The molecule has 166 valence electrons. The predicted molar refractivity (Wildman–Crippen MR) is 115 cm³/mol. The Morgan fingerprint density at radius 2 is 1.94 bits per heavy atom. The maximum atomic E-state index is 12.4. The quantitative estimate of drug-likeness (QED) is 0.329. The molecular weight excluding hydrogens is 424 g/mol. The molecule has 1 aliphatic rings. The van der Waals surface area contributed by atoms with Crippen LogP contribution in [0.3, 0.4) is 0 Å². The van der Waals surface area contributed by atoms with Gasteiger partial charge in [-0.2, -0.15) is 5.10 Å². The molecule has 0 aromatic heterocycles. The molecule has 31 heavy (non-hydrogen) atoms. The van der Waals surface area contributed by atoms with Crippen molar-refractivity contribution in [3.63, 3.8) is 0 Å². The highest BCUT2D eigenvalue weighted by atomic mass is 32.2. The molecule has 0 saturated carbocycles. The van der Waals surface area contributed by atoms with Gasteiger partial charge in [-0.1, -0.05) is 42.1 Å². The first kappa shape index (κ1) is 24.1. The van der Waals surface area contributed by atoms with Crippen LogP contribution in [-0.4, -0.2) is 53.0 Å². The molecule has 1 saturated heterocycles. The van der Waals surface area contributed by atoms with Gasteiger partial charge in [0.25, 0.3) is 0 Å². The lowest BCUT2D eigenvalue weighted by molar-refractivity contribution is -0.152. The Kier molecular flexibility index (Phi) is 9.19. The van der Waals surface area contributed by atoms with Gasteiger partial charge in [0.1, 0.15) is 17.9 Å². The third-order valence-electron chi connectivity index (χ3n) is 3.92. The number of methoxy groups -OCH3 is 1. The van der Waals surface area contributed by atoms with Crippen molar-refractivity contribution in [1.29, 1.82) is 0 Å². The molecule has 0 radical (unpaired) electrons. The number of hydrogen-bond donors (Lipinski definition) is 2. The number of benzene rings is 1. The third kappa shape index (κ3) is 8.21. The number of carbonyl (C=O) groups is 4. The second-order valence-electron chi connectivity index (χ2n) is 6.75. The molecule has 0 spiro atoms. The summed E-state index contributed by atoms with van der Waals surface area (Å²) in [6, 6.07) is 7.82. The Balaban J connectivity index is 1.90. The zero-order valence-corrected chi connectivity index (χ0v) is 18.2. The maximum Gasteiger partial charge on any atom is 0.328 e. The van der Waals surface area contributed by atoms with E-state index in [1.807, 2.05) is 18.2 Å². The predicted octanol–water partition coefficient (Wildman–Crippen LogP) is 1.15. The summed E-state index contributed by atoms with van der Waals surface area (Å²) in [6.45, 7) is 3.56. The highest BCUT2D eigenvalue weighted by Crippen LogP contribution is 2.22. The molecule has 2 N–H and O–H groups in total. The van der Waals surface area contributed by atoms with Crippen molar-refractivity contribution >= 4 is 46.4 Å². The normalized spacial score (nSPS) is 17.5. The van der Waals surface area contributed by atoms with E-state index >= 15 is 0 Å². The molecule has 2 amide bonds. The van der Waals surface area contributed by atoms with Gasteiger partial charge in [-0.25, -0.2) is 4.79 Å². The molecule has 1 fully saturated rings. The smallest absolute Gasteiger partial charge is 0.328 e. The zero-order chi connectivity index (χ0) is 22.8. The van der Waals surface area contributed by atoms with E-state index in [1.54, 1.807) is 26.0 Å². The van der Waals surface area contributed by atoms with Crippen LogP contribution in [0.2, 0.25) is 0 Å². The number of rotatable bonds is 9. The SMILES string of the molecule is COC(=O)[C@H](CC(=O)OCc1ccccc1)NC(=O)CC1SC(=NN=C(C)C)NC1=O. The van der Waals surface area contributed by atoms with Crippen LogP contribution < -0.4 is 10.6 Å². The van der Waals surface area contributed by atoms with E-state index in [2.05, 4.69) is 25.6 Å². The second-order valence-corrected chi connectivity index (χ2v) is 7.94. The molecule has 10 nitrogen and oxygen atoms in total. The fraction of sp³-hybridized carbons (Fsp3) is 0.400. The fourth-order valence-electron chi connectivity index (χ4n) is 2.45. The average Bonchev–Trinajstić information content (AvgIpc) is 3.09. The number of carbonyl (C=O) groups excluding carboxylic acids is 4. The molecule has 1 aromatic carbocycles. The van der Waals surface area contributed by atoms with Crippen LogP contribution in [0, 0.1) is 0 Å². The van der Waals surface area contributed by atoms with Crippen molar-refractivity contribution in [3.05, 3.63) is 35.9 Å². The largest absolute Gasteiger partial charge is 0.467 e. The lowest BCUT2D eigenvalue weighted by Gasteiger charge is -2.16. The van der Waals surface area contributed by atoms with Gasteiger partial charge in [-0.05, 0) is 19.4 Å². The first-order valence-electron chi connectivity index (χ1n) is 9.41. The summed E-state index contributed by atoms with van der Waals surface area (Å²) in [5.41, 5.74) is 1.50. The Morgan fingerprint density at radius 3 is 2.58 bits per heavy atom. The molecule has 1 aromatic rings. The summed E-state index contributed by atoms with van der Waals surface area (Å²) < 4.78 is 9.81. The van der Waals surface area contributed by atoms with Crippen molar-refractivity contribution in [2.24, 2.45) is 10.2 Å². The average molecular weight is 449 g/mol. The van der Waals surface area contributed by atoms with E-state index in [9.17, 15) is 19.2 Å². The third-order valence-corrected chi connectivity index (χ3v) is 4.99. The number of nitrogens with zero attached hydrogens (tertiary/aromatic N) is 2. The zero-order valence-electron chi connectivity index (χ0n) is 17.4. The van der Waals surface area contributed by atoms with E-state index in [-0.39, 0.29) is 24.1 Å². The monoisotopic (exact) mass is 448 g/mol. The van der Waals surface area contributed by atoms with E-state index in [4.69, 9.17) is 4.74 Å². The number of ether oxygens (including phenoxy) is 2. The van der Waals surface area contributed by atoms with Gasteiger partial charge >= 0.3 is 11.9 Å². The van der Waals surface area contributed by atoms with Gasteiger partial charge in [-0.15, -0.1) is 5.10 Å². The first-order valence-corrected chi connectivity index (χ1v) is 10.3. The van der Waals surface area contributed by atoms with Crippen LogP contribution in [0.5, 0.6) is 0 Å². The summed E-state index contributed by atoms with van der Waals surface area (Å²) in [7, 11) is 1.15. The van der Waals surface area contributed by atoms with Gasteiger partial charge in [0.05, 0.1) is 13.5 Å². The number of esters is 2. The minimum absolute atomic E-state index is 0.0439. The van der Waals surface area contributed by atoms with Crippen LogP contribution in [0.1, 0.15) is 32.3 Å². The van der Waals surface area contributed by atoms with E-state index in [0.29, 0.717) is 5.71 Å². The summed E-state index contributed by atoms with van der Waals surface area (Å²) in [4.78, 5) is 48.5. The van der Waals surface area contributed by atoms with E-state index in [0.717, 1.165) is 24.4 Å². The first-order chi connectivity index (χ1) is 14.8. The van der Waals surface area contributed by atoms with Crippen molar-refractivity contribution in [1.82, 2.24) is 10.6 Å². The molecule has 1 aliphatic heterocycles. The Morgan fingerprint density at radius 1 is 1.23 bits per heavy atom. The minimum atomic E-state index is -1.23. The number of nitrogens with one attached hydrogen (secondary N) is 2. The molecule has 11 heteroatoms. The standard InChI is InChI=1S/C20H24N4O6S/c1-12(2)23-24-20-22-18(27)15(31-20)10-16(25)21-14(19(28)29-3)9-17(26)30-11-13-7-5-4-6-8-13/h4-8,14-15H,9-11H2,1-3H3,(H,21,25)(H,22,24,27)/t14-,15?/m0/s1. The molecule has 2 atom stereocenters. The van der Waals surface area contributed by atoms with Gasteiger partial charge in [0, 0.05) is 12.1 Å². The molecule has 0 bridgehead atoms. The highest BCUT2D eigenvalue weighted by Gasteiger charge is 2.34. The molecule has 1 heterocycles.